The summed E-state index contributed by atoms with van der Waals surface area (Å²) in [4.78, 5) is 0. The van der Waals surface area contributed by atoms with Gasteiger partial charge in [-0.15, -0.1) is 0 Å². The van der Waals surface area contributed by atoms with Crippen molar-refractivity contribution in [3.8, 4) is 22.6 Å². The molecule has 1 N–H and O–H groups in total. The molecule has 0 saturated heterocycles. The second kappa shape index (κ2) is 5.55. The lowest BCUT2D eigenvalue weighted by Gasteiger charge is -2.12. The molecule has 2 aromatic carbocycles. The van der Waals surface area contributed by atoms with Crippen molar-refractivity contribution in [2.45, 2.75) is 12.5 Å². The van der Waals surface area contributed by atoms with Gasteiger partial charge in [-0.2, -0.15) is 0 Å². The summed E-state index contributed by atoms with van der Waals surface area (Å²) in [7, 11) is 3.64. The summed E-state index contributed by atoms with van der Waals surface area (Å²) in [6.07, 6.45) is 1.19. The fourth-order valence-corrected chi connectivity index (χ4v) is 2.70. The zero-order valence-electron chi connectivity index (χ0n) is 11.8. The Kier molecular flexibility index (Phi) is 3.61. The van der Waals surface area contributed by atoms with Gasteiger partial charge in [0.1, 0.15) is 17.6 Å². The van der Waals surface area contributed by atoms with Crippen LogP contribution in [0, 0.1) is 0 Å². The Labute approximate surface area is 119 Å². The lowest BCUT2D eigenvalue weighted by atomic mass is 10.0. The van der Waals surface area contributed by atoms with Crippen LogP contribution in [0.1, 0.15) is 5.56 Å². The maximum absolute atomic E-state index is 6.10. The molecule has 0 fully saturated rings. The van der Waals surface area contributed by atoms with Crippen LogP contribution in [0.25, 0.3) is 11.1 Å². The van der Waals surface area contributed by atoms with E-state index >= 15 is 0 Å². The maximum atomic E-state index is 6.10. The molecular weight excluding hydrogens is 250 g/mol. The van der Waals surface area contributed by atoms with E-state index in [9.17, 15) is 0 Å². The largest absolute Gasteiger partial charge is 0.497 e. The SMILES string of the molecule is CNC[C@H]1Cc2cccc(-c3cccc(OC)c3)c2O1. The van der Waals surface area contributed by atoms with Gasteiger partial charge in [-0.1, -0.05) is 30.3 Å². The summed E-state index contributed by atoms with van der Waals surface area (Å²) in [6, 6.07) is 14.4. The maximum Gasteiger partial charge on any atom is 0.130 e. The standard InChI is InChI=1S/C17H19NO2/c1-18-11-15-10-13-6-4-8-16(17(13)20-15)12-5-3-7-14(9-12)19-2/h3-9,15,18H,10-11H2,1-2H3/t15-/m1/s1. The number of hydrogen-bond donors (Lipinski definition) is 1. The van der Waals surface area contributed by atoms with Gasteiger partial charge < -0.3 is 14.8 Å². The number of ether oxygens (including phenoxy) is 2. The van der Waals surface area contributed by atoms with Crippen LogP contribution in [0.5, 0.6) is 11.5 Å². The molecule has 3 rings (SSSR count). The fourth-order valence-electron chi connectivity index (χ4n) is 2.70. The number of nitrogens with one attached hydrogen (secondary N) is 1. The van der Waals surface area contributed by atoms with Gasteiger partial charge >= 0.3 is 0 Å². The van der Waals surface area contributed by atoms with Crippen LogP contribution in [0.2, 0.25) is 0 Å². The van der Waals surface area contributed by atoms with Crippen LogP contribution in [0.4, 0.5) is 0 Å². The molecule has 0 unspecified atom stereocenters. The number of rotatable bonds is 4. The van der Waals surface area contributed by atoms with Crippen molar-refractivity contribution >= 4 is 0 Å². The van der Waals surface area contributed by atoms with E-state index in [2.05, 4.69) is 29.6 Å². The van der Waals surface area contributed by atoms with Crippen LogP contribution in [0.15, 0.2) is 42.5 Å². The van der Waals surface area contributed by atoms with Crippen LogP contribution in [-0.4, -0.2) is 26.8 Å². The summed E-state index contributed by atoms with van der Waals surface area (Å²) < 4.78 is 11.4. The van der Waals surface area contributed by atoms with E-state index in [1.54, 1.807) is 7.11 Å². The first-order valence-electron chi connectivity index (χ1n) is 6.89. The number of hydrogen-bond acceptors (Lipinski definition) is 3. The second-order valence-corrected chi connectivity index (χ2v) is 5.03. The third-order valence-corrected chi connectivity index (χ3v) is 3.64. The molecular formula is C17H19NO2. The lowest BCUT2D eigenvalue weighted by molar-refractivity contribution is 0.232. The Morgan fingerprint density at radius 3 is 2.90 bits per heavy atom. The summed E-state index contributed by atoms with van der Waals surface area (Å²) in [6.45, 7) is 0.867. The van der Waals surface area contributed by atoms with Gasteiger partial charge in [-0.05, 0) is 30.3 Å². The molecule has 0 amide bonds. The Hall–Kier alpha value is -2.00. The first-order valence-corrected chi connectivity index (χ1v) is 6.89. The minimum absolute atomic E-state index is 0.224. The van der Waals surface area contributed by atoms with E-state index in [4.69, 9.17) is 9.47 Å². The van der Waals surface area contributed by atoms with Crippen molar-refractivity contribution in [3.63, 3.8) is 0 Å². The van der Waals surface area contributed by atoms with Crippen molar-refractivity contribution < 1.29 is 9.47 Å². The van der Waals surface area contributed by atoms with Crippen molar-refractivity contribution in [2.75, 3.05) is 20.7 Å². The summed E-state index contributed by atoms with van der Waals surface area (Å²) in [5, 5.41) is 3.18. The molecule has 3 nitrogen and oxygen atoms in total. The molecule has 1 aliphatic rings. The molecule has 0 saturated carbocycles. The molecule has 0 radical (unpaired) electrons. The predicted molar refractivity (Wildman–Crippen MR) is 80.5 cm³/mol. The number of para-hydroxylation sites is 1. The molecule has 1 atom stereocenters. The van der Waals surface area contributed by atoms with E-state index in [1.165, 1.54) is 5.56 Å². The summed E-state index contributed by atoms with van der Waals surface area (Å²) in [5.74, 6) is 1.88. The molecule has 2 aromatic rings. The van der Waals surface area contributed by atoms with Crippen LogP contribution in [0.3, 0.4) is 0 Å². The minimum atomic E-state index is 0.224. The van der Waals surface area contributed by atoms with Gasteiger partial charge in [0.05, 0.1) is 7.11 Å². The van der Waals surface area contributed by atoms with E-state index in [0.717, 1.165) is 35.6 Å². The topological polar surface area (TPSA) is 30.5 Å². The van der Waals surface area contributed by atoms with Gasteiger partial charge in [-0.25, -0.2) is 0 Å². The highest BCUT2D eigenvalue weighted by Gasteiger charge is 2.25. The Balaban J connectivity index is 1.98. The first kappa shape index (κ1) is 13.0. The molecule has 0 aliphatic carbocycles. The zero-order chi connectivity index (χ0) is 13.9. The molecule has 1 heterocycles. The van der Waals surface area contributed by atoms with Crippen molar-refractivity contribution in [2.24, 2.45) is 0 Å². The highest BCUT2D eigenvalue weighted by atomic mass is 16.5. The third-order valence-electron chi connectivity index (χ3n) is 3.64. The highest BCUT2D eigenvalue weighted by Crippen LogP contribution is 2.39. The molecule has 20 heavy (non-hydrogen) atoms. The molecule has 1 aliphatic heterocycles. The monoisotopic (exact) mass is 269 g/mol. The second-order valence-electron chi connectivity index (χ2n) is 5.03. The predicted octanol–water partition coefficient (Wildman–Crippen LogP) is 2.89. The molecule has 0 bridgehead atoms. The van der Waals surface area contributed by atoms with E-state index < -0.39 is 0 Å². The molecule has 0 aromatic heterocycles. The Morgan fingerprint density at radius 1 is 1.25 bits per heavy atom. The average Bonchev–Trinajstić information content (AvgIpc) is 2.90. The van der Waals surface area contributed by atoms with Crippen LogP contribution in [-0.2, 0) is 6.42 Å². The number of methoxy groups -OCH3 is 1. The number of benzene rings is 2. The van der Waals surface area contributed by atoms with E-state index in [0.29, 0.717) is 0 Å². The van der Waals surface area contributed by atoms with Gasteiger partial charge in [-0.3, -0.25) is 0 Å². The number of fused-ring (bicyclic) bond motifs is 1. The van der Waals surface area contributed by atoms with Crippen LogP contribution >= 0.6 is 0 Å². The van der Waals surface area contributed by atoms with Gasteiger partial charge in [0.25, 0.3) is 0 Å². The van der Waals surface area contributed by atoms with E-state index in [-0.39, 0.29) is 6.10 Å². The van der Waals surface area contributed by atoms with Crippen molar-refractivity contribution in [1.82, 2.24) is 5.32 Å². The average molecular weight is 269 g/mol. The van der Waals surface area contributed by atoms with Crippen molar-refractivity contribution in [3.05, 3.63) is 48.0 Å². The molecule has 3 heteroatoms. The summed E-state index contributed by atoms with van der Waals surface area (Å²) >= 11 is 0. The fraction of sp³-hybridized carbons (Fsp3) is 0.294. The quantitative estimate of drug-likeness (QED) is 0.925. The third kappa shape index (κ3) is 2.37. The van der Waals surface area contributed by atoms with Gasteiger partial charge in [0, 0.05) is 18.5 Å². The highest BCUT2D eigenvalue weighted by molar-refractivity contribution is 5.74. The molecule has 0 spiro atoms. The lowest BCUT2D eigenvalue weighted by Crippen LogP contribution is -2.27. The Bertz CT molecular complexity index is 610. The zero-order valence-corrected chi connectivity index (χ0v) is 11.8. The smallest absolute Gasteiger partial charge is 0.130 e. The molecule has 104 valence electrons. The van der Waals surface area contributed by atoms with Gasteiger partial charge in [0.15, 0.2) is 0 Å². The normalized spacial score (nSPS) is 16.6. The van der Waals surface area contributed by atoms with E-state index in [1.807, 2.05) is 25.2 Å². The van der Waals surface area contributed by atoms with Gasteiger partial charge in [0.2, 0.25) is 0 Å². The minimum Gasteiger partial charge on any atom is -0.497 e. The number of likely N-dealkylation sites (N-methyl/N-ethyl adjacent to an activating group) is 1. The van der Waals surface area contributed by atoms with Crippen molar-refractivity contribution in [1.29, 1.82) is 0 Å². The first-order chi connectivity index (χ1) is 9.81. The summed E-state index contributed by atoms with van der Waals surface area (Å²) in [5.41, 5.74) is 3.55. The Morgan fingerprint density at radius 2 is 2.10 bits per heavy atom. The van der Waals surface area contributed by atoms with Crippen LogP contribution < -0.4 is 14.8 Å².